The number of nitrogens with one attached hydrogen (secondary N) is 2. The summed E-state index contributed by atoms with van der Waals surface area (Å²) in [7, 11) is -2.98. The number of halogens is 1. The second-order valence-electron chi connectivity index (χ2n) is 6.85. The van der Waals surface area contributed by atoms with E-state index >= 15 is 0 Å². The average molecular weight is 495 g/mol. The van der Waals surface area contributed by atoms with Crippen LogP contribution in [-0.2, 0) is 21.9 Å². The van der Waals surface area contributed by atoms with Gasteiger partial charge in [-0.05, 0) is 44.2 Å². The zero-order chi connectivity index (χ0) is 18.5. The van der Waals surface area contributed by atoms with Gasteiger partial charge in [-0.1, -0.05) is 24.3 Å². The summed E-state index contributed by atoms with van der Waals surface area (Å²) in [5, 5.41) is 17.3. The summed E-state index contributed by atoms with van der Waals surface area (Å²) in [6.45, 7) is 4.87. The van der Waals surface area contributed by atoms with Gasteiger partial charge >= 0.3 is 0 Å². The molecule has 1 aliphatic carbocycles. The van der Waals surface area contributed by atoms with Crippen molar-refractivity contribution in [1.29, 1.82) is 0 Å². The number of nitrogens with zero attached hydrogens (tertiary/aromatic N) is 1. The van der Waals surface area contributed by atoms with Gasteiger partial charge in [-0.15, -0.1) is 24.0 Å². The van der Waals surface area contributed by atoms with Gasteiger partial charge in [0.05, 0.1) is 12.3 Å². The van der Waals surface area contributed by atoms with Crippen LogP contribution in [-0.4, -0.2) is 50.6 Å². The predicted octanol–water partition coefficient (Wildman–Crippen LogP) is 1.82. The van der Waals surface area contributed by atoms with Crippen LogP contribution in [0, 0.1) is 0 Å². The third-order valence-electron chi connectivity index (χ3n) is 4.47. The molecule has 0 spiro atoms. The van der Waals surface area contributed by atoms with E-state index in [4.69, 9.17) is 0 Å². The van der Waals surface area contributed by atoms with Crippen molar-refractivity contribution in [2.75, 3.05) is 25.1 Å². The summed E-state index contributed by atoms with van der Waals surface area (Å²) in [4.78, 5) is 4.55. The first kappa shape index (κ1) is 23.2. The van der Waals surface area contributed by atoms with Crippen molar-refractivity contribution < 1.29 is 13.5 Å². The predicted molar refractivity (Wildman–Crippen MR) is 117 cm³/mol. The van der Waals surface area contributed by atoms with Crippen LogP contribution in [0.3, 0.4) is 0 Å². The Morgan fingerprint density at radius 2 is 2.08 bits per heavy atom. The summed E-state index contributed by atoms with van der Waals surface area (Å²) >= 11 is 0. The molecule has 26 heavy (non-hydrogen) atoms. The van der Waals surface area contributed by atoms with Crippen molar-refractivity contribution in [1.82, 2.24) is 10.6 Å². The zero-order valence-corrected chi connectivity index (χ0v) is 18.8. The summed E-state index contributed by atoms with van der Waals surface area (Å²) in [5.41, 5.74) is 1.20. The first-order valence-corrected chi connectivity index (χ1v) is 10.8. The molecule has 8 heteroatoms. The smallest absolute Gasteiger partial charge is 0.191 e. The molecule has 0 amide bonds. The van der Waals surface area contributed by atoms with Gasteiger partial charge in [-0.25, -0.2) is 13.4 Å². The van der Waals surface area contributed by atoms with Gasteiger partial charge in [0, 0.05) is 18.8 Å². The van der Waals surface area contributed by atoms with Crippen LogP contribution in [0.1, 0.15) is 37.8 Å². The highest BCUT2D eigenvalue weighted by atomic mass is 127. The third kappa shape index (κ3) is 6.70. The Balaban J connectivity index is 0.00000338. The Bertz CT molecular complexity index is 724. The molecule has 2 rings (SSSR count). The molecule has 0 bridgehead atoms. The average Bonchev–Trinajstić information content (AvgIpc) is 2.89. The highest BCUT2D eigenvalue weighted by Crippen LogP contribution is 2.36. The molecule has 2 unspecified atom stereocenters. The van der Waals surface area contributed by atoms with Crippen molar-refractivity contribution in [2.24, 2.45) is 4.99 Å². The molecule has 0 radical (unpaired) electrons. The molecule has 0 saturated heterocycles. The molecule has 2 atom stereocenters. The quantitative estimate of drug-likeness (QED) is 0.305. The minimum absolute atomic E-state index is 0. The Morgan fingerprint density at radius 1 is 1.38 bits per heavy atom. The van der Waals surface area contributed by atoms with Gasteiger partial charge in [0.1, 0.15) is 15.4 Å². The van der Waals surface area contributed by atoms with Crippen molar-refractivity contribution in [2.45, 2.75) is 44.8 Å². The van der Waals surface area contributed by atoms with Gasteiger partial charge in [0.15, 0.2) is 5.96 Å². The normalized spacial score (nSPS) is 20.8. The van der Waals surface area contributed by atoms with Gasteiger partial charge in [0.25, 0.3) is 0 Å². The lowest BCUT2D eigenvalue weighted by molar-refractivity contribution is 0.0485. The van der Waals surface area contributed by atoms with Crippen LogP contribution >= 0.6 is 24.0 Å². The third-order valence-corrected chi connectivity index (χ3v) is 5.45. The molecule has 0 fully saturated rings. The van der Waals surface area contributed by atoms with Crippen LogP contribution in [0.5, 0.6) is 0 Å². The van der Waals surface area contributed by atoms with Gasteiger partial charge in [-0.3, -0.25) is 0 Å². The zero-order valence-electron chi connectivity index (χ0n) is 15.7. The lowest BCUT2D eigenvalue weighted by Crippen LogP contribution is -2.43. The molecule has 148 valence electrons. The molecule has 3 N–H and O–H groups in total. The van der Waals surface area contributed by atoms with E-state index in [2.05, 4.69) is 15.6 Å². The monoisotopic (exact) mass is 495 g/mol. The second kappa shape index (κ2) is 9.89. The minimum atomic E-state index is -2.98. The Hall–Kier alpha value is -0.870. The maximum atomic E-state index is 11.3. The number of aryl methyl sites for hydroxylation is 1. The Kier molecular flexibility index (Phi) is 8.81. The van der Waals surface area contributed by atoms with E-state index in [9.17, 15) is 13.5 Å². The number of sulfone groups is 1. The minimum Gasteiger partial charge on any atom is -0.383 e. The number of rotatable bonds is 7. The number of benzene rings is 1. The van der Waals surface area contributed by atoms with Crippen molar-refractivity contribution >= 4 is 39.8 Å². The Morgan fingerprint density at radius 3 is 2.73 bits per heavy atom. The molecule has 0 saturated carbocycles. The fraction of sp³-hybridized carbons (Fsp3) is 0.611. The van der Waals surface area contributed by atoms with Crippen LogP contribution in [0.15, 0.2) is 29.3 Å². The SMILES string of the molecule is CCNC(=NCC1(O)CCc2ccccc21)NC(C)CCS(C)(=O)=O.I. The van der Waals surface area contributed by atoms with E-state index in [-0.39, 0.29) is 42.3 Å². The maximum absolute atomic E-state index is 11.3. The molecule has 1 aromatic carbocycles. The topological polar surface area (TPSA) is 90.8 Å². The lowest BCUT2D eigenvalue weighted by Gasteiger charge is -2.23. The van der Waals surface area contributed by atoms with Crippen LogP contribution in [0.25, 0.3) is 0 Å². The molecular weight excluding hydrogens is 465 g/mol. The van der Waals surface area contributed by atoms with Crippen LogP contribution in [0.2, 0.25) is 0 Å². The summed E-state index contributed by atoms with van der Waals surface area (Å²) in [5.74, 6) is 0.735. The maximum Gasteiger partial charge on any atom is 0.191 e. The van der Waals surface area contributed by atoms with Gasteiger partial charge in [-0.2, -0.15) is 0 Å². The highest BCUT2D eigenvalue weighted by molar-refractivity contribution is 14.0. The number of fused-ring (bicyclic) bond motifs is 1. The number of aliphatic hydroxyl groups is 1. The second-order valence-corrected chi connectivity index (χ2v) is 9.11. The van der Waals surface area contributed by atoms with Crippen molar-refractivity contribution in [3.05, 3.63) is 35.4 Å². The first-order chi connectivity index (χ1) is 11.7. The van der Waals surface area contributed by atoms with Crippen molar-refractivity contribution in [3.63, 3.8) is 0 Å². The number of aliphatic imine (C=N–C) groups is 1. The van der Waals surface area contributed by atoms with Crippen LogP contribution in [0.4, 0.5) is 0 Å². The van der Waals surface area contributed by atoms with E-state index in [1.807, 2.05) is 38.1 Å². The highest BCUT2D eigenvalue weighted by Gasteiger charge is 2.36. The number of hydrogen-bond donors (Lipinski definition) is 3. The van der Waals surface area contributed by atoms with E-state index in [0.717, 1.165) is 12.0 Å². The van der Waals surface area contributed by atoms with E-state index in [1.165, 1.54) is 11.8 Å². The van der Waals surface area contributed by atoms with Crippen LogP contribution < -0.4 is 10.6 Å². The van der Waals surface area contributed by atoms with E-state index < -0.39 is 15.4 Å². The Labute approximate surface area is 173 Å². The molecule has 1 aliphatic rings. The summed E-state index contributed by atoms with van der Waals surface area (Å²) in [6.07, 6.45) is 3.28. The molecule has 0 aliphatic heterocycles. The number of guanidine groups is 1. The summed E-state index contributed by atoms with van der Waals surface area (Å²) in [6, 6.07) is 7.91. The standard InChI is InChI=1S/C18H29N3O3S.HI/c1-4-19-17(21-14(2)10-12-25(3,23)24)20-13-18(22)11-9-15-7-5-6-8-16(15)18;/h5-8,14,22H,4,9-13H2,1-3H3,(H2,19,20,21);1H. The largest absolute Gasteiger partial charge is 0.383 e. The molecule has 1 aromatic rings. The van der Waals surface area contributed by atoms with E-state index in [1.54, 1.807) is 0 Å². The van der Waals surface area contributed by atoms with Crippen molar-refractivity contribution in [3.8, 4) is 0 Å². The molecule has 6 nitrogen and oxygen atoms in total. The van der Waals surface area contributed by atoms with Gasteiger partial charge in [0.2, 0.25) is 0 Å². The molecular formula is C18H30IN3O3S. The fourth-order valence-electron chi connectivity index (χ4n) is 3.06. The fourth-order valence-corrected chi connectivity index (χ4v) is 3.84. The van der Waals surface area contributed by atoms with Gasteiger partial charge < -0.3 is 15.7 Å². The number of hydrogen-bond acceptors (Lipinski definition) is 4. The molecule has 0 heterocycles. The molecule has 0 aromatic heterocycles. The lowest BCUT2D eigenvalue weighted by atomic mass is 9.96. The summed E-state index contributed by atoms with van der Waals surface area (Å²) < 4.78 is 22.6. The van der Waals surface area contributed by atoms with E-state index in [0.29, 0.717) is 25.3 Å². The first-order valence-electron chi connectivity index (χ1n) is 8.77.